The van der Waals surface area contributed by atoms with Crippen molar-refractivity contribution in [2.75, 3.05) is 26.3 Å². The van der Waals surface area contributed by atoms with E-state index in [2.05, 4.69) is 33.5 Å². The Kier molecular flexibility index (Phi) is 11.4. The average molecular weight is 408 g/mol. The maximum atomic E-state index is 11.9. The molecule has 0 unspecified atom stereocenters. The summed E-state index contributed by atoms with van der Waals surface area (Å²) in [6.45, 7) is 4.65. The minimum absolute atomic E-state index is 0.0844. The SMILES string of the molecule is CCCCOCCCNC(=O)/C(C#N)=C\NCCc1cccc(Br)c1. The van der Waals surface area contributed by atoms with Gasteiger partial charge in [0.15, 0.2) is 0 Å². The van der Waals surface area contributed by atoms with Crippen LogP contribution >= 0.6 is 15.9 Å². The maximum Gasteiger partial charge on any atom is 0.263 e. The zero-order valence-corrected chi connectivity index (χ0v) is 16.3. The number of nitriles is 1. The highest BCUT2D eigenvalue weighted by Gasteiger charge is 2.07. The van der Waals surface area contributed by atoms with Crippen molar-refractivity contribution in [2.45, 2.75) is 32.6 Å². The molecule has 0 saturated heterocycles. The first kappa shape index (κ1) is 21.2. The largest absolute Gasteiger partial charge is 0.389 e. The van der Waals surface area contributed by atoms with Crippen LogP contribution in [0.1, 0.15) is 31.7 Å². The first-order chi connectivity index (χ1) is 12.2. The molecule has 0 fully saturated rings. The number of rotatable bonds is 12. The molecule has 0 atom stereocenters. The zero-order valence-electron chi connectivity index (χ0n) is 14.7. The summed E-state index contributed by atoms with van der Waals surface area (Å²) in [6, 6.07) is 9.97. The maximum absolute atomic E-state index is 11.9. The van der Waals surface area contributed by atoms with Crippen LogP contribution in [0, 0.1) is 11.3 Å². The number of benzene rings is 1. The second-order valence-corrected chi connectivity index (χ2v) is 6.49. The van der Waals surface area contributed by atoms with Gasteiger partial charge in [-0.15, -0.1) is 0 Å². The van der Waals surface area contributed by atoms with Gasteiger partial charge in [-0.1, -0.05) is 41.4 Å². The lowest BCUT2D eigenvalue weighted by Crippen LogP contribution is -2.27. The molecular weight excluding hydrogens is 382 g/mol. The third kappa shape index (κ3) is 9.90. The van der Waals surface area contributed by atoms with E-state index in [0.717, 1.165) is 36.8 Å². The van der Waals surface area contributed by atoms with Crippen LogP contribution in [0.25, 0.3) is 0 Å². The van der Waals surface area contributed by atoms with Crippen LogP contribution in [0.5, 0.6) is 0 Å². The van der Waals surface area contributed by atoms with Crippen LogP contribution in [0.4, 0.5) is 0 Å². The summed E-state index contributed by atoms with van der Waals surface area (Å²) in [5, 5.41) is 14.9. The van der Waals surface area contributed by atoms with E-state index in [1.165, 1.54) is 11.8 Å². The molecule has 0 spiro atoms. The fraction of sp³-hybridized carbons (Fsp3) is 0.474. The van der Waals surface area contributed by atoms with E-state index >= 15 is 0 Å². The summed E-state index contributed by atoms with van der Waals surface area (Å²) >= 11 is 3.43. The van der Waals surface area contributed by atoms with Gasteiger partial charge in [-0.05, 0) is 37.0 Å². The molecule has 0 aliphatic carbocycles. The van der Waals surface area contributed by atoms with Crippen LogP contribution < -0.4 is 10.6 Å². The minimum Gasteiger partial charge on any atom is -0.389 e. The Balaban J connectivity index is 2.23. The quantitative estimate of drug-likeness (QED) is 0.316. The number of carbonyl (C=O) groups excluding carboxylic acids is 1. The van der Waals surface area contributed by atoms with E-state index in [4.69, 9.17) is 10.00 Å². The molecule has 0 heterocycles. The van der Waals surface area contributed by atoms with Crippen LogP contribution in [0.3, 0.4) is 0 Å². The van der Waals surface area contributed by atoms with E-state index in [0.29, 0.717) is 19.7 Å². The van der Waals surface area contributed by atoms with Gasteiger partial charge in [-0.25, -0.2) is 0 Å². The number of halogens is 1. The van der Waals surface area contributed by atoms with E-state index in [1.807, 2.05) is 30.3 Å². The third-order valence-electron chi connectivity index (χ3n) is 3.45. The Hall–Kier alpha value is -1.84. The molecule has 0 radical (unpaired) electrons. The van der Waals surface area contributed by atoms with Gasteiger partial charge in [0.05, 0.1) is 0 Å². The molecule has 0 bridgehead atoms. The third-order valence-corrected chi connectivity index (χ3v) is 3.95. The summed E-state index contributed by atoms with van der Waals surface area (Å²) in [6.07, 6.45) is 5.20. The summed E-state index contributed by atoms with van der Waals surface area (Å²) in [5.74, 6) is -0.356. The van der Waals surface area contributed by atoms with Crippen LogP contribution in [0.2, 0.25) is 0 Å². The molecular formula is C19H26BrN3O2. The molecule has 1 aromatic carbocycles. The summed E-state index contributed by atoms with van der Waals surface area (Å²) in [4.78, 5) is 11.9. The van der Waals surface area contributed by atoms with Gasteiger partial charge >= 0.3 is 0 Å². The van der Waals surface area contributed by atoms with Crippen molar-refractivity contribution in [3.63, 3.8) is 0 Å². The summed E-state index contributed by atoms with van der Waals surface area (Å²) in [5.41, 5.74) is 1.27. The van der Waals surface area contributed by atoms with Crippen molar-refractivity contribution in [2.24, 2.45) is 0 Å². The Morgan fingerprint density at radius 3 is 2.84 bits per heavy atom. The van der Waals surface area contributed by atoms with Crippen molar-refractivity contribution >= 4 is 21.8 Å². The van der Waals surface area contributed by atoms with Crippen LogP contribution in [-0.2, 0) is 16.0 Å². The summed E-state index contributed by atoms with van der Waals surface area (Å²) < 4.78 is 6.46. The predicted octanol–water partition coefficient (Wildman–Crippen LogP) is 3.31. The first-order valence-corrected chi connectivity index (χ1v) is 9.40. The Morgan fingerprint density at radius 2 is 2.12 bits per heavy atom. The van der Waals surface area contributed by atoms with Crippen molar-refractivity contribution in [1.82, 2.24) is 10.6 Å². The van der Waals surface area contributed by atoms with Gasteiger partial charge in [0, 0.05) is 37.0 Å². The van der Waals surface area contributed by atoms with Gasteiger partial charge in [0.25, 0.3) is 5.91 Å². The van der Waals surface area contributed by atoms with E-state index in [-0.39, 0.29) is 11.5 Å². The monoisotopic (exact) mass is 407 g/mol. The van der Waals surface area contributed by atoms with Gasteiger partial charge in [-0.2, -0.15) is 5.26 Å². The number of carbonyl (C=O) groups is 1. The van der Waals surface area contributed by atoms with Gasteiger partial charge in [0.1, 0.15) is 11.6 Å². The van der Waals surface area contributed by atoms with Gasteiger partial charge in [0.2, 0.25) is 0 Å². The molecule has 5 nitrogen and oxygen atoms in total. The van der Waals surface area contributed by atoms with Gasteiger partial charge < -0.3 is 15.4 Å². The molecule has 25 heavy (non-hydrogen) atoms. The van der Waals surface area contributed by atoms with Crippen molar-refractivity contribution in [1.29, 1.82) is 5.26 Å². The highest BCUT2D eigenvalue weighted by atomic mass is 79.9. The Morgan fingerprint density at radius 1 is 1.32 bits per heavy atom. The number of hydrogen-bond donors (Lipinski definition) is 2. The second kappa shape index (κ2) is 13.5. The molecule has 0 aromatic heterocycles. The number of hydrogen-bond acceptors (Lipinski definition) is 4. The number of nitrogens with one attached hydrogen (secondary N) is 2. The highest BCUT2D eigenvalue weighted by molar-refractivity contribution is 9.10. The molecule has 0 aliphatic heterocycles. The second-order valence-electron chi connectivity index (χ2n) is 5.58. The van der Waals surface area contributed by atoms with Crippen molar-refractivity contribution < 1.29 is 9.53 Å². The van der Waals surface area contributed by atoms with Crippen molar-refractivity contribution in [3.05, 3.63) is 46.1 Å². The van der Waals surface area contributed by atoms with Crippen LogP contribution in [0.15, 0.2) is 40.5 Å². The van der Waals surface area contributed by atoms with E-state index < -0.39 is 0 Å². The number of nitrogens with zero attached hydrogens (tertiary/aromatic N) is 1. The highest BCUT2D eigenvalue weighted by Crippen LogP contribution is 2.11. The average Bonchev–Trinajstić information content (AvgIpc) is 2.61. The van der Waals surface area contributed by atoms with Crippen LogP contribution in [-0.4, -0.2) is 32.2 Å². The lowest BCUT2D eigenvalue weighted by molar-refractivity contribution is -0.117. The molecule has 0 saturated carbocycles. The molecule has 0 aliphatic rings. The lowest BCUT2D eigenvalue weighted by Gasteiger charge is -2.06. The zero-order chi connectivity index (χ0) is 18.3. The normalized spacial score (nSPS) is 11.0. The Labute approximate surface area is 158 Å². The fourth-order valence-corrected chi connectivity index (χ4v) is 2.50. The van der Waals surface area contributed by atoms with E-state index in [1.54, 1.807) is 0 Å². The molecule has 136 valence electrons. The molecule has 2 N–H and O–H groups in total. The number of unbranched alkanes of at least 4 members (excludes halogenated alkanes) is 1. The van der Waals surface area contributed by atoms with E-state index in [9.17, 15) is 4.79 Å². The smallest absolute Gasteiger partial charge is 0.263 e. The predicted molar refractivity (Wildman–Crippen MR) is 103 cm³/mol. The molecule has 1 amide bonds. The standard InChI is InChI=1S/C19H26BrN3O2/c1-2-3-11-25-12-5-9-23-19(24)17(14-21)15-22-10-8-16-6-4-7-18(20)13-16/h4,6-7,13,15,22H,2-3,5,8-12H2,1H3,(H,23,24)/b17-15-. The number of ether oxygens (including phenoxy) is 1. The first-order valence-electron chi connectivity index (χ1n) is 8.61. The Bertz CT molecular complexity index is 597. The lowest BCUT2D eigenvalue weighted by atomic mass is 10.1. The molecule has 6 heteroatoms. The minimum atomic E-state index is -0.356. The molecule has 1 rings (SSSR count). The fourth-order valence-electron chi connectivity index (χ4n) is 2.05. The summed E-state index contributed by atoms with van der Waals surface area (Å²) in [7, 11) is 0. The van der Waals surface area contributed by atoms with Gasteiger partial charge in [-0.3, -0.25) is 4.79 Å². The number of amides is 1. The van der Waals surface area contributed by atoms with Crippen molar-refractivity contribution in [3.8, 4) is 6.07 Å². The topological polar surface area (TPSA) is 74.1 Å². The molecule has 1 aromatic rings.